The maximum absolute atomic E-state index is 12.2. The van der Waals surface area contributed by atoms with Crippen molar-refractivity contribution in [1.29, 1.82) is 0 Å². The molecular formula is C14H21BrN2O3S. The average molecular weight is 377 g/mol. The van der Waals surface area contributed by atoms with Gasteiger partial charge in [-0.1, -0.05) is 43.6 Å². The summed E-state index contributed by atoms with van der Waals surface area (Å²) in [4.78, 5) is 12.1. The van der Waals surface area contributed by atoms with E-state index in [1.165, 1.54) is 12.1 Å². The monoisotopic (exact) mass is 376 g/mol. The molecule has 0 spiro atoms. The zero-order valence-electron chi connectivity index (χ0n) is 12.6. The van der Waals surface area contributed by atoms with Crippen molar-refractivity contribution < 1.29 is 13.2 Å². The van der Waals surface area contributed by atoms with Crippen molar-refractivity contribution >= 4 is 31.9 Å². The van der Waals surface area contributed by atoms with Gasteiger partial charge in [-0.15, -0.1) is 0 Å². The Morgan fingerprint density at radius 1 is 1.33 bits per heavy atom. The summed E-state index contributed by atoms with van der Waals surface area (Å²) < 4.78 is 23.3. The molecule has 0 saturated carbocycles. The van der Waals surface area contributed by atoms with Crippen LogP contribution in [-0.4, -0.2) is 20.9 Å². The Balaban J connectivity index is 2.97. The summed E-state index contributed by atoms with van der Waals surface area (Å²) in [5.41, 5.74) is 0.206. The Kier molecular flexibility index (Phi) is 5.57. The van der Waals surface area contributed by atoms with Gasteiger partial charge in [0.25, 0.3) is 5.91 Å². The van der Waals surface area contributed by atoms with Gasteiger partial charge in [0.1, 0.15) is 0 Å². The normalized spacial score (nSPS) is 12.5. The van der Waals surface area contributed by atoms with Gasteiger partial charge >= 0.3 is 0 Å². The number of hydrogen-bond acceptors (Lipinski definition) is 3. The Bertz CT molecular complexity index is 640. The van der Waals surface area contributed by atoms with Crippen LogP contribution < -0.4 is 10.5 Å². The molecule has 0 aromatic heterocycles. The lowest BCUT2D eigenvalue weighted by atomic mass is 9.81. The molecule has 1 rings (SSSR count). The minimum Gasteiger partial charge on any atom is -0.351 e. The fourth-order valence-electron chi connectivity index (χ4n) is 1.47. The van der Waals surface area contributed by atoms with Crippen molar-refractivity contribution in [2.45, 2.75) is 32.6 Å². The van der Waals surface area contributed by atoms with Crippen LogP contribution in [0.25, 0.3) is 0 Å². The quantitative estimate of drug-likeness (QED) is 0.826. The Labute approximate surface area is 134 Å². The van der Waals surface area contributed by atoms with Crippen molar-refractivity contribution in [2.24, 2.45) is 16.5 Å². The second kappa shape index (κ2) is 6.46. The number of sulfonamides is 1. The molecule has 1 amide bonds. The third-order valence-electron chi connectivity index (χ3n) is 3.73. The lowest BCUT2D eigenvalue weighted by molar-refractivity contribution is 0.0924. The highest BCUT2D eigenvalue weighted by Gasteiger charge is 2.23. The van der Waals surface area contributed by atoms with Crippen molar-refractivity contribution in [2.75, 3.05) is 6.54 Å². The van der Waals surface area contributed by atoms with Crippen LogP contribution in [-0.2, 0) is 10.0 Å². The Hall–Kier alpha value is -0.920. The highest BCUT2D eigenvalue weighted by Crippen LogP contribution is 2.25. The molecule has 0 saturated heterocycles. The van der Waals surface area contributed by atoms with Crippen LogP contribution in [0.2, 0.25) is 0 Å². The van der Waals surface area contributed by atoms with Crippen LogP contribution in [0.5, 0.6) is 0 Å². The molecule has 7 heteroatoms. The summed E-state index contributed by atoms with van der Waals surface area (Å²) in [6, 6.07) is 4.20. The highest BCUT2D eigenvalue weighted by atomic mass is 79.9. The standard InChI is InChI=1S/C14H21BrN2O3S/c1-9(2)14(3,4)8-17-13(18)10-5-11(15)7-12(6-10)21(16,19)20/h5-7,9H,8H2,1-4H3,(H,17,18)(H2,16,19,20). The molecule has 0 unspecified atom stereocenters. The molecule has 0 aliphatic carbocycles. The number of nitrogens with one attached hydrogen (secondary N) is 1. The van der Waals surface area contributed by atoms with Gasteiger partial charge in [0, 0.05) is 16.6 Å². The summed E-state index contributed by atoms with van der Waals surface area (Å²) in [5.74, 6) is 0.0789. The number of benzene rings is 1. The van der Waals surface area contributed by atoms with E-state index >= 15 is 0 Å². The van der Waals surface area contributed by atoms with E-state index in [2.05, 4.69) is 48.9 Å². The average Bonchev–Trinajstić information content (AvgIpc) is 2.34. The van der Waals surface area contributed by atoms with Gasteiger partial charge in [-0.2, -0.15) is 0 Å². The number of carbonyl (C=O) groups excluding carboxylic acids is 1. The fraction of sp³-hybridized carbons (Fsp3) is 0.500. The second-order valence-corrected chi connectivity index (χ2v) is 8.52. The Morgan fingerprint density at radius 2 is 1.90 bits per heavy atom. The first-order valence-corrected chi connectivity index (χ1v) is 8.89. The number of hydrogen-bond donors (Lipinski definition) is 2. The molecule has 0 bridgehead atoms. The van der Waals surface area contributed by atoms with Gasteiger partial charge in [0.05, 0.1) is 4.90 Å². The molecule has 5 nitrogen and oxygen atoms in total. The van der Waals surface area contributed by atoms with E-state index < -0.39 is 10.0 Å². The van der Waals surface area contributed by atoms with Gasteiger partial charge in [0.15, 0.2) is 0 Å². The number of amides is 1. The summed E-state index contributed by atoms with van der Waals surface area (Å²) in [7, 11) is -3.85. The number of nitrogens with two attached hydrogens (primary N) is 1. The Morgan fingerprint density at radius 3 is 2.38 bits per heavy atom. The van der Waals surface area contributed by atoms with Crippen molar-refractivity contribution in [3.8, 4) is 0 Å². The van der Waals surface area contributed by atoms with E-state index in [0.29, 0.717) is 16.9 Å². The van der Waals surface area contributed by atoms with E-state index in [1.807, 2.05) is 0 Å². The number of carbonyl (C=O) groups is 1. The van der Waals surface area contributed by atoms with Crippen LogP contribution in [0.4, 0.5) is 0 Å². The molecule has 1 aromatic rings. The van der Waals surface area contributed by atoms with E-state index in [1.54, 1.807) is 6.07 Å². The van der Waals surface area contributed by atoms with Crippen molar-refractivity contribution in [3.05, 3.63) is 28.2 Å². The lowest BCUT2D eigenvalue weighted by Crippen LogP contribution is -2.37. The largest absolute Gasteiger partial charge is 0.351 e. The molecule has 0 atom stereocenters. The summed E-state index contributed by atoms with van der Waals surface area (Å²) in [6.07, 6.45) is 0. The molecular weight excluding hydrogens is 356 g/mol. The fourth-order valence-corrected chi connectivity index (χ4v) is 2.70. The first kappa shape index (κ1) is 18.1. The molecule has 0 heterocycles. The maximum Gasteiger partial charge on any atom is 0.251 e. The summed E-state index contributed by atoms with van der Waals surface area (Å²) >= 11 is 3.19. The second-order valence-electron chi connectivity index (χ2n) is 6.05. The van der Waals surface area contributed by atoms with Crippen molar-refractivity contribution in [1.82, 2.24) is 5.32 Å². The van der Waals surface area contributed by atoms with Gasteiger partial charge in [-0.25, -0.2) is 13.6 Å². The highest BCUT2D eigenvalue weighted by molar-refractivity contribution is 9.10. The molecule has 21 heavy (non-hydrogen) atoms. The number of halogens is 1. The van der Waals surface area contributed by atoms with Crippen LogP contribution >= 0.6 is 15.9 Å². The first-order chi connectivity index (χ1) is 9.43. The predicted octanol–water partition coefficient (Wildman–Crippen LogP) is 2.51. The minimum absolute atomic E-state index is 0.0511. The molecule has 118 valence electrons. The lowest BCUT2D eigenvalue weighted by Gasteiger charge is -2.29. The summed E-state index contributed by atoms with van der Waals surface area (Å²) in [6.45, 7) is 8.80. The third kappa shape index (κ3) is 5.09. The van der Waals surface area contributed by atoms with E-state index in [4.69, 9.17) is 5.14 Å². The van der Waals surface area contributed by atoms with Crippen molar-refractivity contribution in [3.63, 3.8) is 0 Å². The minimum atomic E-state index is -3.85. The van der Waals surface area contributed by atoms with Gasteiger partial charge in [-0.3, -0.25) is 4.79 Å². The maximum atomic E-state index is 12.2. The predicted molar refractivity (Wildman–Crippen MR) is 86.5 cm³/mol. The number of rotatable bonds is 5. The van der Waals surface area contributed by atoms with Crippen LogP contribution in [0.15, 0.2) is 27.6 Å². The molecule has 3 N–H and O–H groups in total. The van der Waals surface area contributed by atoms with E-state index in [9.17, 15) is 13.2 Å². The SMILES string of the molecule is CC(C)C(C)(C)CNC(=O)c1cc(Br)cc(S(N)(=O)=O)c1. The van der Waals surface area contributed by atoms with Gasteiger partial charge < -0.3 is 5.32 Å². The van der Waals surface area contributed by atoms with Crippen LogP contribution in [0, 0.1) is 11.3 Å². The van der Waals surface area contributed by atoms with Gasteiger partial charge in [0.2, 0.25) is 10.0 Å². The zero-order chi connectivity index (χ0) is 16.4. The molecule has 0 radical (unpaired) electrons. The topological polar surface area (TPSA) is 89.3 Å². The molecule has 0 fully saturated rings. The van der Waals surface area contributed by atoms with Crippen LogP contribution in [0.3, 0.4) is 0 Å². The zero-order valence-corrected chi connectivity index (χ0v) is 15.0. The molecule has 1 aromatic carbocycles. The smallest absolute Gasteiger partial charge is 0.251 e. The first-order valence-electron chi connectivity index (χ1n) is 6.55. The molecule has 0 aliphatic heterocycles. The number of primary sulfonamides is 1. The molecule has 0 aliphatic rings. The van der Waals surface area contributed by atoms with E-state index in [-0.39, 0.29) is 21.8 Å². The van der Waals surface area contributed by atoms with Crippen LogP contribution in [0.1, 0.15) is 38.1 Å². The van der Waals surface area contributed by atoms with E-state index in [0.717, 1.165) is 0 Å². The van der Waals surface area contributed by atoms with Gasteiger partial charge in [-0.05, 0) is 29.5 Å². The summed E-state index contributed by atoms with van der Waals surface area (Å²) in [5, 5.41) is 7.93. The third-order valence-corrected chi connectivity index (χ3v) is 5.08.